The Balaban J connectivity index is 1.40. The molecule has 1 saturated heterocycles. The van der Waals surface area contributed by atoms with E-state index >= 15 is 0 Å². The number of hydrogen-bond donors (Lipinski definition) is 0. The Labute approximate surface area is 195 Å². The molecule has 1 aliphatic heterocycles. The van der Waals surface area contributed by atoms with Gasteiger partial charge in [-0.1, -0.05) is 84.9 Å². The molecule has 0 atom stereocenters. The summed E-state index contributed by atoms with van der Waals surface area (Å²) < 4.78 is 0. The maximum Gasteiger partial charge on any atom is 0.293 e. The van der Waals surface area contributed by atoms with E-state index in [1.165, 1.54) is 4.90 Å². The second-order valence-corrected chi connectivity index (χ2v) is 9.18. The van der Waals surface area contributed by atoms with E-state index in [4.69, 9.17) is 0 Å². The molecule has 4 heteroatoms. The summed E-state index contributed by atoms with van der Waals surface area (Å²) >= 11 is 1.02. The molecule has 1 aliphatic rings. The van der Waals surface area contributed by atoms with E-state index in [0.717, 1.165) is 55.2 Å². The Kier molecular flexibility index (Phi) is 4.74. The number of carbonyl (C=O) groups excluding carboxylic acids is 2. The van der Waals surface area contributed by atoms with Gasteiger partial charge in [-0.05, 0) is 73.4 Å². The second kappa shape index (κ2) is 7.91. The Hall–Kier alpha value is -3.89. The lowest BCUT2D eigenvalue weighted by molar-refractivity contribution is -0.123. The molecule has 1 heterocycles. The molecule has 1 fully saturated rings. The zero-order chi connectivity index (χ0) is 22.4. The van der Waals surface area contributed by atoms with Crippen molar-refractivity contribution in [2.45, 2.75) is 6.54 Å². The molecule has 0 radical (unpaired) electrons. The van der Waals surface area contributed by atoms with E-state index in [0.29, 0.717) is 4.91 Å². The largest absolute Gasteiger partial charge is 0.293 e. The third-order valence-electron chi connectivity index (χ3n) is 6.12. The van der Waals surface area contributed by atoms with E-state index in [2.05, 4.69) is 36.4 Å². The van der Waals surface area contributed by atoms with Crippen LogP contribution in [0.4, 0.5) is 4.79 Å². The molecular weight excluding hydrogens is 426 g/mol. The summed E-state index contributed by atoms with van der Waals surface area (Å²) in [5, 5.41) is 6.35. The van der Waals surface area contributed by atoms with Crippen LogP contribution in [0.1, 0.15) is 11.1 Å². The highest BCUT2D eigenvalue weighted by molar-refractivity contribution is 8.18. The van der Waals surface area contributed by atoms with Crippen molar-refractivity contribution in [1.82, 2.24) is 4.90 Å². The van der Waals surface area contributed by atoms with E-state index in [-0.39, 0.29) is 17.7 Å². The van der Waals surface area contributed by atoms with Crippen molar-refractivity contribution in [1.29, 1.82) is 0 Å². The fraction of sp³-hybridized carbons (Fsp3) is 0.0345. The van der Waals surface area contributed by atoms with Crippen molar-refractivity contribution >= 4 is 61.3 Å². The van der Waals surface area contributed by atoms with Gasteiger partial charge in [0.2, 0.25) is 0 Å². The first kappa shape index (κ1) is 19.8. The third kappa shape index (κ3) is 3.49. The van der Waals surface area contributed by atoms with Gasteiger partial charge < -0.3 is 0 Å². The first-order valence-corrected chi connectivity index (χ1v) is 11.6. The monoisotopic (exact) mass is 445 g/mol. The molecule has 5 aromatic carbocycles. The number of rotatable bonds is 3. The van der Waals surface area contributed by atoms with Crippen LogP contribution in [-0.4, -0.2) is 16.0 Å². The topological polar surface area (TPSA) is 37.4 Å². The van der Waals surface area contributed by atoms with Gasteiger partial charge in [-0.2, -0.15) is 0 Å². The number of carbonyl (C=O) groups is 2. The molecule has 0 unspecified atom stereocenters. The molecule has 0 aromatic heterocycles. The van der Waals surface area contributed by atoms with Gasteiger partial charge in [0.1, 0.15) is 0 Å². The first-order valence-electron chi connectivity index (χ1n) is 10.8. The number of thioether (sulfide) groups is 1. The molecule has 5 aromatic rings. The van der Waals surface area contributed by atoms with Gasteiger partial charge in [0.15, 0.2) is 0 Å². The minimum atomic E-state index is -0.241. The normalized spacial score (nSPS) is 15.4. The lowest BCUT2D eigenvalue weighted by Gasteiger charge is -2.13. The molecular formula is C29H19NO2S. The van der Waals surface area contributed by atoms with Crippen LogP contribution in [0.5, 0.6) is 0 Å². The van der Waals surface area contributed by atoms with Gasteiger partial charge in [0, 0.05) is 0 Å². The summed E-state index contributed by atoms with van der Waals surface area (Å²) in [5.41, 5.74) is 1.91. The quantitative estimate of drug-likeness (QED) is 0.215. The molecule has 0 aliphatic carbocycles. The zero-order valence-electron chi connectivity index (χ0n) is 17.7. The Morgan fingerprint density at radius 1 is 0.667 bits per heavy atom. The number of imide groups is 1. The van der Waals surface area contributed by atoms with Gasteiger partial charge in [0.25, 0.3) is 11.1 Å². The number of amides is 2. The summed E-state index contributed by atoms with van der Waals surface area (Å²) in [6, 6.07) is 32.6. The van der Waals surface area contributed by atoms with Crippen LogP contribution in [-0.2, 0) is 11.3 Å². The highest BCUT2D eigenvalue weighted by Gasteiger charge is 2.35. The van der Waals surface area contributed by atoms with Crippen molar-refractivity contribution in [3.63, 3.8) is 0 Å². The van der Waals surface area contributed by atoms with Gasteiger partial charge in [0.05, 0.1) is 11.4 Å². The fourth-order valence-electron chi connectivity index (χ4n) is 4.49. The summed E-state index contributed by atoms with van der Waals surface area (Å²) in [6.45, 7) is 0.267. The number of fused-ring (bicyclic) bond motifs is 3. The zero-order valence-corrected chi connectivity index (χ0v) is 18.5. The summed E-state index contributed by atoms with van der Waals surface area (Å²) in [6.07, 6.45) is 1.88. The molecule has 6 rings (SSSR count). The van der Waals surface area contributed by atoms with E-state index in [1.54, 1.807) is 0 Å². The molecule has 158 valence electrons. The average molecular weight is 446 g/mol. The molecule has 0 spiro atoms. The highest BCUT2D eigenvalue weighted by Crippen LogP contribution is 2.37. The minimum Gasteiger partial charge on any atom is -0.268 e. The standard InChI is InChI=1S/C29H19NO2S/c31-28-27(17-26-24-11-5-3-9-22(24)16-23-10-4-6-12-25(23)26)33-29(32)30(28)18-19-13-14-20-7-1-2-8-21(20)15-19/h1-17H,18H2/b27-17-. The van der Waals surface area contributed by atoms with Crippen molar-refractivity contribution in [3.05, 3.63) is 113 Å². The molecule has 3 nitrogen and oxygen atoms in total. The van der Waals surface area contributed by atoms with Crippen LogP contribution < -0.4 is 0 Å². The van der Waals surface area contributed by atoms with Gasteiger partial charge in [-0.15, -0.1) is 0 Å². The number of hydrogen-bond acceptors (Lipinski definition) is 3. The number of benzene rings is 5. The first-order chi connectivity index (χ1) is 16.2. The highest BCUT2D eigenvalue weighted by atomic mass is 32.2. The Morgan fingerprint density at radius 2 is 1.27 bits per heavy atom. The predicted molar refractivity (Wildman–Crippen MR) is 137 cm³/mol. The molecule has 0 bridgehead atoms. The van der Waals surface area contributed by atoms with Crippen LogP contribution in [0.3, 0.4) is 0 Å². The van der Waals surface area contributed by atoms with E-state index < -0.39 is 0 Å². The molecule has 2 amide bonds. The minimum absolute atomic E-state index is 0.232. The second-order valence-electron chi connectivity index (χ2n) is 8.18. The summed E-state index contributed by atoms with van der Waals surface area (Å²) in [4.78, 5) is 27.9. The van der Waals surface area contributed by atoms with Crippen LogP contribution in [0, 0.1) is 0 Å². The predicted octanol–water partition coefficient (Wildman–Crippen LogP) is 7.38. The lowest BCUT2D eigenvalue weighted by atomic mass is 9.96. The van der Waals surface area contributed by atoms with E-state index in [1.807, 2.05) is 66.7 Å². The summed E-state index contributed by atoms with van der Waals surface area (Å²) in [5.74, 6) is -0.241. The third-order valence-corrected chi connectivity index (χ3v) is 7.02. The van der Waals surface area contributed by atoms with Crippen LogP contribution in [0.25, 0.3) is 38.4 Å². The van der Waals surface area contributed by atoms with E-state index in [9.17, 15) is 9.59 Å². The molecule has 33 heavy (non-hydrogen) atoms. The maximum atomic E-state index is 13.3. The van der Waals surface area contributed by atoms with Crippen LogP contribution in [0.15, 0.2) is 102 Å². The Bertz CT molecular complexity index is 1560. The van der Waals surface area contributed by atoms with Crippen molar-refractivity contribution in [3.8, 4) is 0 Å². The smallest absolute Gasteiger partial charge is 0.268 e. The Morgan fingerprint density at radius 3 is 1.97 bits per heavy atom. The van der Waals surface area contributed by atoms with Gasteiger partial charge in [-0.25, -0.2) is 0 Å². The fourth-order valence-corrected chi connectivity index (χ4v) is 5.31. The molecule has 0 saturated carbocycles. The van der Waals surface area contributed by atoms with Crippen molar-refractivity contribution in [2.75, 3.05) is 0 Å². The van der Waals surface area contributed by atoms with Gasteiger partial charge >= 0.3 is 0 Å². The van der Waals surface area contributed by atoms with Gasteiger partial charge in [-0.3, -0.25) is 14.5 Å². The van der Waals surface area contributed by atoms with Crippen LogP contribution in [0.2, 0.25) is 0 Å². The van der Waals surface area contributed by atoms with Crippen molar-refractivity contribution < 1.29 is 9.59 Å². The maximum absolute atomic E-state index is 13.3. The SMILES string of the molecule is O=C1S/C(=C\c2c3ccccc3cc3ccccc23)C(=O)N1Cc1ccc2ccccc2c1. The van der Waals surface area contributed by atoms with Crippen LogP contribution >= 0.6 is 11.8 Å². The summed E-state index contributed by atoms with van der Waals surface area (Å²) in [7, 11) is 0. The number of nitrogens with zero attached hydrogens (tertiary/aromatic N) is 1. The average Bonchev–Trinajstić information content (AvgIpc) is 3.11. The molecule has 0 N–H and O–H groups in total. The lowest BCUT2D eigenvalue weighted by Crippen LogP contribution is -2.27. The van der Waals surface area contributed by atoms with Crippen molar-refractivity contribution in [2.24, 2.45) is 0 Å².